The lowest BCUT2D eigenvalue weighted by Gasteiger charge is -2.18. The molecule has 0 aliphatic rings. The standard InChI is InChI=1S/C58H102O6/c1-4-7-10-13-16-19-22-25-28-29-31-33-36-39-42-45-48-51-57(60)63-54-55(53-62-56(59)50-47-44-41-38-35-32-27-24-21-18-15-12-9-6-3)64-58(61)52-49-46-43-40-37-34-30-26-23-20-17-14-11-8-5-2/h8,11,14,17,20,23,26,30,32,35,55H,4-7,9-10,12-13,15-16,18-19,21-22,24-25,27-29,31,33-34,36-54H2,1-3H3/b11-8-,17-14-,23-20-,30-26-,35-32-. The van der Waals surface area contributed by atoms with E-state index in [9.17, 15) is 14.4 Å². The minimum atomic E-state index is -0.790. The summed E-state index contributed by atoms with van der Waals surface area (Å²) in [5.41, 5.74) is 0. The molecule has 0 aromatic rings. The molecule has 0 saturated carbocycles. The maximum Gasteiger partial charge on any atom is 0.306 e. The van der Waals surface area contributed by atoms with Gasteiger partial charge in [0.25, 0.3) is 0 Å². The van der Waals surface area contributed by atoms with Gasteiger partial charge < -0.3 is 14.2 Å². The summed E-state index contributed by atoms with van der Waals surface area (Å²) >= 11 is 0. The molecule has 0 aromatic heterocycles. The molecule has 1 atom stereocenters. The van der Waals surface area contributed by atoms with Crippen molar-refractivity contribution in [1.29, 1.82) is 0 Å². The van der Waals surface area contributed by atoms with Crippen LogP contribution in [0.4, 0.5) is 0 Å². The van der Waals surface area contributed by atoms with E-state index in [0.29, 0.717) is 19.3 Å². The molecule has 0 saturated heterocycles. The largest absolute Gasteiger partial charge is 0.462 e. The number of carbonyl (C=O) groups is 3. The molecule has 64 heavy (non-hydrogen) atoms. The second-order valence-electron chi connectivity index (χ2n) is 18.2. The fourth-order valence-corrected chi connectivity index (χ4v) is 7.74. The Hall–Kier alpha value is -2.89. The summed E-state index contributed by atoms with van der Waals surface area (Å²) in [6, 6.07) is 0. The lowest BCUT2D eigenvalue weighted by atomic mass is 10.0. The Morgan fingerprint density at radius 3 is 1.02 bits per heavy atom. The smallest absolute Gasteiger partial charge is 0.306 e. The molecule has 0 aromatic carbocycles. The van der Waals surface area contributed by atoms with E-state index in [1.807, 2.05) is 18.2 Å². The summed E-state index contributed by atoms with van der Waals surface area (Å²) in [6.07, 6.45) is 64.9. The van der Waals surface area contributed by atoms with Crippen molar-refractivity contribution in [2.45, 2.75) is 277 Å². The van der Waals surface area contributed by atoms with Gasteiger partial charge in [-0.25, -0.2) is 0 Å². The van der Waals surface area contributed by atoms with Crippen LogP contribution in [0.5, 0.6) is 0 Å². The van der Waals surface area contributed by atoms with E-state index >= 15 is 0 Å². The number of hydrogen-bond donors (Lipinski definition) is 0. The van der Waals surface area contributed by atoms with Crippen molar-refractivity contribution in [1.82, 2.24) is 0 Å². The molecule has 0 N–H and O–H groups in total. The summed E-state index contributed by atoms with van der Waals surface area (Å²) in [4.78, 5) is 38.0. The Labute approximate surface area is 396 Å². The lowest BCUT2D eigenvalue weighted by molar-refractivity contribution is -0.167. The van der Waals surface area contributed by atoms with Crippen LogP contribution in [0.25, 0.3) is 0 Å². The molecule has 370 valence electrons. The maximum atomic E-state index is 12.8. The van der Waals surface area contributed by atoms with Crippen LogP contribution in [-0.4, -0.2) is 37.2 Å². The van der Waals surface area contributed by atoms with Crippen molar-refractivity contribution in [3.63, 3.8) is 0 Å². The molecule has 1 unspecified atom stereocenters. The van der Waals surface area contributed by atoms with Crippen molar-refractivity contribution in [2.75, 3.05) is 13.2 Å². The zero-order valence-electron chi connectivity index (χ0n) is 42.3. The van der Waals surface area contributed by atoms with E-state index in [0.717, 1.165) is 96.3 Å². The van der Waals surface area contributed by atoms with E-state index in [1.165, 1.54) is 135 Å². The summed E-state index contributed by atoms with van der Waals surface area (Å²) < 4.78 is 16.8. The molecule has 0 radical (unpaired) electrons. The second kappa shape index (κ2) is 52.7. The SMILES string of the molecule is CC\C=C/C=C\C=C/C=C\CCCCCCCC(=O)OC(COC(=O)CCCCC/C=C\CCCCCCCCC)COC(=O)CCCCCCCCCCCCCCCCCCC. The molecule has 0 spiro atoms. The summed E-state index contributed by atoms with van der Waals surface area (Å²) in [5.74, 6) is -0.917. The third-order valence-electron chi connectivity index (χ3n) is 11.9. The number of esters is 3. The number of allylic oxidation sites excluding steroid dienone is 10. The normalized spacial score (nSPS) is 12.5. The van der Waals surface area contributed by atoms with Crippen LogP contribution < -0.4 is 0 Å². The third-order valence-corrected chi connectivity index (χ3v) is 11.9. The molecule has 6 nitrogen and oxygen atoms in total. The Balaban J connectivity index is 4.40. The highest BCUT2D eigenvalue weighted by atomic mass is 16.6. The van der Waals surface area contributed by atoms with Gasteiger partial charge in [-0.1, -0.05) is 248 Å². The van der Waals surface area contributed by atoms with Crippen LogP contribution in [0.3, 0.4) is 0 Å². The Bertz CT molecular complexity index is 1170. The topological polar surface area (TPSA) is 78.9 Å². The fraction of sp³-hybridized carbons (Fsp3) is 0.776. The van der Waals surface area contributed by atoms with Crippen LogP contribution >= 0.6 is 0 Å². The Morgan fingerprint density at radius 1 is 0.328 bits per heavy atom. The van der Waals surface area contributed by atoms with Crippen LogP contribution in [0, 0.1) is 0 Å². The molecular formula is C58H102O6. The Kier molecular flexibility index (Phi) is 50.4. The monoisotopic (exact) mass is 895 g/mol. The maximum absolute atomic E-state index is 12.8. The number of rotatable bonds is 49. The Morgan fingerprint density at radius 2 is 0.625 bits per heavy atom. The molecule has 0 bridgehead atoms. The van der Waals surface area contributed by atoms with Gasteiger partial charge in [0.05, 0.1) is 0 Å². The predicted octanol–water partition coefficient (Wildman–Crippen LogP) is 18.0. The third kappa shape index (κ3) is 50.1. The van der Waals surface area contributed by atoms with Gasteiger partial charge in [0.1, 0.15) is 13.2 Å². The quantitative estimate of drug-likeness (QED) is 0.0199. The van der Waals surface area contributed by atoms with Crippen molar-refractivity contribution >= 4 is 17.9 Å². The predicted molar refractivity (Wildman–Crippen MR) is 275 cm³/mol. The van der Waals surface area contributed by atoms with Gasteiger partial charge in [0.15, 0.2) is 6.10 Å². The molecular weight excluding hydrogens is 793 g/mol. The van der Waals surface area contributed by atoms with Crippen LogP contribution in [-0.2, 0) is 28.6 Å². The molecule has 0 heterocycles. The fourth-order valence-electron chi connectivity index (χ4n) is 7.74. The van der Waals surface area contributed by atoms with Gasteiger partial charge in [0, 0.05) is 19.3 Å². The highest BCUT2D eigenvalue weighted by Gasteiger charge is 2.19. The van der Waals surface area contributed by atoms with E-state index in [4.69, 9.17) is 14.2 Å². The van der Waals surface area contributed by atoms with Crippen molar-refractivity contribution < 1.29 is 28.6 Å². The molecule has 0 aliphatic heterocycles. The van der Waals surface area contributed by atoms with Crippen molar-refractivity contribution in [3.05, 3.63) is 60.8 Å². The van der Waals surface area contributed by atoms with E-state index in [-0.39, 0.29) is 31.1 Å². The van der Waals surface area contributed by atoms with E-state index in [1.54, 1.807) is 0 Å². The number of ether oxygens (including phenoxy) is 3. The first-order chi connectivity index (χ1) is 31.5. The second-order valence-corrected chi connectivity index (χ2v) is 18.2. The first-order valence-corrected chi connectivity index (χ1v) is 27.3. The van der Waals surface area contributed by atoms with Gasteiger partial charge in [-0.05, 0) is 64.2 Å². The lowest BCUT2D eigenvalue weighted by Crippen LogP contribution is -2.30. The van der Waals surface area contributed by atoms with E-state index < -0.39 is 6.10 Å². The van der Waals surface area contributed by atoms with Gasteiger partial charge in [-0.15, -0.1) is 0 Å². The van der Waals surface area contributed by atoms with E-state index in [2.05, 4.69) is 63.3 Å². The van der Waals surface area contributed by atoms with Crippen LogP contribution in [0.15, 0.2) is 60.8 Å². The van der Waals surface area contributed by atoms with Gasteiger partial charge >= 0.3 is 17.9 Å². The molecule has 0 fully saturated rings. The van der Waals surface area contributed by atoms with Crippen molar-refractivity contribution in [2.24, 2.45) is 0 Å². The number of unbranched alkanes of at least 4 members (excludes halogenated alkanes) is 31. The summed E-state index contributed by atoms with van der Waals surface area (Å²) in [6.45, 7) is 6.49. The first kappa shape index (κ1) is 61.1. The number of hydrogen-bond acceptors (Lipinski definition) is 6. The molecule has 6 heteroatoms. The average molecular weight is 895 g/mol. The van der Waals surface area contributed by atoms with Gasteiger partial charge in [0.2, 0.25) is 0 Å². The minimum absolute atomic E-state index is 0.0864. The molecule has 0 aliphatic carbocycles. The highest BCUT2D eigenvalue weighted by molar-refractivity contribution is 5.71. The summed E-state index contributed by atoms with van der Waals surface area (Å²) in [5, 5.41) is 0. The van der Waals surface area contributed by atoms with Crippen LogP contribution in [0.2, 0.25) is 0 Å². The molecule has 0 rings (SSSR count). The minimum Gasteiger partial charge on any atom is -0.462 e. The first-order valence-electron chi connectivity index (χ1n) is 27.3. The zero-order valence-corrected chi connectivity index (χ0v) is 42.3. The summed E-state index contributed by atoms with van der Waals surface area (Å²) in [7, 11) is 0. The highest BCUT2D eigenvalue weighted by Crippen LogP contribution is 2.16. The van der Waals surface area contributed by atoms with Crippen LogP contribution in [0.1, 0.15) is 271 Å². The average Bonchev–Trinajstić information content (AvgIpc) is 3.29. The zero-order chi connectivity index (χ0) is 46.5. The number of carbonyl (C=O) groups excluding carboxylic acids is 3. The molecule has 0 amide bonds. The van der Waals surface area contributed by atoms with Gasteiger partial charge in [-0.2, -0.15) is 0 Å². The van der Waals surface area contributed by atoms with Gasteiger partial charge in [-0.3, -0.25) is 14.4 Å². The van der Waals surface area contributed by atoms with Crippen molar-refractivity contribution in [3.8, 4) is 0 Å².